The van der Waals surface area contributed by atoms with Gasteiger partial charge in [0.2, 0.25) is 0 Å². The molecule has 2 rings (SSSR count). The van der Waals surface area contributed by atoms with E-state index in [-0.39, 0.29) is 11.2 Å². The van der Waals surface area contributed by atoms with E-state index in [1.54, 1.807) is 6.20 Å². The van der Waals surface area contributed by atoms with Crippen LogP contribution in [0.2, 0.25) is 0 Å². The molecule has 1 aliphatic rings. The van der Waals surface area contributed by atoms with Crippen molar-refractivity contribution in [3.05, 3.63) is 29.0 Å². The number of nitrogens with zero attached hydrogens (tertiary/aromatic N) is 1. The zero-order valence-corrected chi connectivity index (χ0v) is 14.2. The van der Waals surface area contributed by atoms with Gasteiger partial charge >= 0.3 is 7.12 Å². The lowest BCUT2D eigenvalue weighted by molar-refractivity contribution is 0.00578. The molecule has 0 bridgehead atoms. The van der Waals surface area contributed by atoms with Gasteiger partial charge in [0.15, 0.2) is 0 Å². The molecule has 2 heterocycles. The first-order valence-corrected chi connectivity index (χ1v) is 7.69. The van der Waals surface area contributed by atoms with Crippen LogP contribution in [0.15, 0.2) is 17.7 Å². The smallest absolute Gasteiger partial charge is 0.400 e. The molecule has 21 heavy (non-hydrogen) atoms. The van der Waals surface area contributed by atoms with E-state index in [4.69, 9.17) is 15.0 Å². The summed E-state index contributed by atoms with van der Waals surface area (Å²) in [6.45, 7) is 10.1. The molecule has 0 atom stereocenters. The summed E-state index contributed by atoms with van der Waals surface area (Å²) in [5.41, 5.74) is 8.66. The van der Waals surface area contributed by atoms with Crippen molar-refractivity contribution < 1.29 is 9.31 Å². The van der Waals surface area contributed by atoms with E-state index in [0.717, 1.165) is 16.7 Å². The van der Waals surface area contributed by atoms with E-state index in [0.29, 0.717) is 11.4 Å². The largest absolute Gasteiger partial charge is 0.491 e. The molecule has 114 valence electrons. The Balaban J connectivity index is 2.33. The van der Waals surface area contributed by atoms with Crippen LogP contribution in [-0.2, 0) is 9.31 Å². The third-order valence-corrected chi connectivity index (χ3v) is 4.66. The number of hydrogen-bond donors (Lipinski definition) is 2. The van der Waals surface area contributed by atoms with Crippen molar-refractivity contribution in [2.45, 2.75) is 45.8 Å². The maximum absolute atomic E-state index is 6.08. The molecule has 1 fully saturated rings. The first-order chi connectivity index (χ1) is 9.68. The highest BCUT2D eigenvalue weighted by Gasteiger charge is 2.52. The second-order valence-corrected chi connectivity index (χ2v) is 6.71. The first kappa shape index (κ1) is 16.4. The Hall–Kier alpha value is -0.975. The van der Waals surface area contributed by atoms with Gasteiger partial charge in [-0.3, -0.25) is 4.98 Å². The van der Waals surface area contributed by atoms with Crippen molar-refractivity contribution in [2.75, 3.05) is 11.5 Å². The maximum Gasteiger partial charge on any atom is 0.491 e. The molecule has 4 nitrogen and oxygen atoms in total. The standard InChI is InChI=1S/C15H23BN2O2S/c1-10-6-7-18-12(13(10)17)8-11(9-21)16-19-14(2,3)15(4,5)20-16/h6-8,21H,9,17H2,1-5H3. The quantitative estimate of drug-likeness (QED) is 0.666. The Morgan fingerprint density at radius 3 is 2.43 bits per heavy atom. The predicted octanol–water partition coefficient (Wildman–Crippen LogP) is 2.92. The SMILES string of the molecule is Cc1ccnc(C=C(CS)B2OC(C)(C)C(C)(C)O2)c1N. The molecule has 1 aromatic rings. The highest BCUT2D eigenvalue weighted by Crippen LogP contribution is 2.39. The number of aromatic nitrogens is 1. The van der Waals surface area contributed by atoms with Crippen LogP contribution >= 0.6 is 12.6 Å². The van der Waals surface area contributed by atoms with E-state index >= 15 is 0 Å². The average Bonchev–Trinajstić information content (AvgIpc) is 2.60. The molecule has 0 amide bonds. The fraction of sp³-hybridized carbons (Fsp3) is 0.533. The Morgan fingerprint density at radius 2 is 1.90 bits per heavy atom. The van der Waals surface area contributed by atoms with Crippen molar-refractivity contribution in [1.82, 2.24) is 4.98 Å². The van der Waals surface area contributed by atoms with Gasteiger partial charge in [0.25, 0.3) is 0 Å². The van der Waals surface area contributed by atoms with Crippen LogP contribution < -0.4 is 5.73 Å². The summed E-state index contributed by atoms with van der Waals surface area (Å²) in [6.07, 6.45) is 3.66. The minimum atomic E-state index is -0.422. The molecule has 0 aromatic carbocycles. The minimum absolute atomic E-state index is 0.370. The molecule has 1 aromatic heterocycles. The fourth-order valence-electron chi connectivity index (χ4n) is 2.06. The maximum atomic E-state index is 6.08. The highest BCUT2D eigenvalue weighted by molar-refractivity contribution is 7.80. The molecule has 6 heteroatoms. The van der Waals surface area contributed by atoms with E-state index in [1.165, 1.54) is 0 Å². The van der Waals surface area contributed by atoms with Crippen LogP contribution in [0.5, 0.6) is 0 Å². The lowest BCUT2D eigenvalue weighted by Gasteiger charge is -2.32. The Kier molecular flexibility index (Phi) is 4.43. The lowest BCUT2D eigenvalue weighted by Crippen LogP contribution is -2.41. The molecule has 0 unspecified atom stereocenters. The monoisotopic (exact) mass is 306 g/mol. The van der Waals surface area contributed by atoms with Crippen molar-refractivity contribution in [2.24, 2.45) is 0 Å². The van der Waals surface area contributed by atoms with E-state index < -0.39 is 7.12 Å². The summed E-state index contributed by atoms with van der Waals surface area (Å²) < 4.78 is 12.1. The van der Waals surface area contributed by atoms with Crippen LogP contribution in [0.3, 0.4) is 0 Å². The van der Waals surface area contributed by atoms with Crippen LogP contribution in [0.4, 0.5) is 5.69 Å². The number of nitrogen functional groups attached to an aromatic ring is 1. The average molecular weight is 306 g/mol. The van der Waals surface area contributed by atoms with Crippen molar-refractivity contribution >= 4 is 31.5 Å². The Morgan fingerprint density at radius 1 is 1.33 bits per heavy atom. The van der Waals surface area contributed by atoms with Crippen molar-refractivity contribution in [3.8, 4) is 0 Å². The number of nitrogens with two attached hydrogens (primary N) is 1. The zero-order valence-electron chi connectivity index (χ0n) is 13.3. The van der Waals surface area contributed by atoms with Crippen LogP contribution in [0.25, 0.3) is 6.08 Å². The zero-order chi connectivity index (χ0) is 15.8. The second-order valence-electron chi connectivity index (χ2n) is 6.39. The number of anilines is 1. The van der Waals surface area contributed by atoms with Gasteiger partial charge in [-0.15, -0.1) is 0 Å². The van der Waals surface area contributed by atoms with Crippen molar-refractivity contribution in [3.63, 3.8) is 0 Å². The van der Waals surface area contributed by atoms with Gasteiger partial charge in [-0.25, -0.2) is 0 Å². The lowest BCUT2D eigenvalue weighted by atomic mass is 9.78. The molecular formula is C15H23BN2O2S. The number of hydrogen-bond acceptors (Lipinski definition) is 5. The third-order valence-electron chi connectivity index (χ3n) is 4.30. The summed E-state index contributed by atoms with van der Waals surface area (Å²) in [4.78, 5) is 4.32. The molecule has 0 saturated carbocycles. The van der Waals surface area contributed by atoms with Gasteiger partial charge in [-0.05, 0) is 57.8 Å². The van der Waals surface area contributed by atoms with Gasteiger partial charge in [0, 0.05) is 11.9 Å². The second kappa shape index (κ2) is 5.67. The molecule has 1 saturated heterocycles. The van der Waals surface area contributed by atoms with Crippen LogP contribution in [0.1, 0.15) is 39.0 Å². The Labute approximate surface area is 132 Å². The highest BCUT2D eigenvalue weighted by atomic mass is 32.1. The fourth-order valence-corrected chi connectivity index (χ4v) is 2.30. The number of thiol groups is 1. The Bertz CT molecular complexity index is 557. The van der Waals surface area contributed by atoms with Gasteiger partial charge in [-0.2, -0.15) is 12.6 Å². The molecule has 0 aliphatic carbocycles. The van der Waals surface area contributed by atoms with E-state index in [9.17, 15) is 0 Å². The van der Waals surface area contributed by atoms with E-state index in [2.05, 4.69) is 17.6 Å². The van der Waals surface area contributed by atoms with Gasteiger partial charge in [0.05, 0.1) is 22.6 Å². The number of aryl methyl sites for hydroxylation is 1. The van der Waals surface area contributed by atoms with Gasteiger partial charge in [-0.1, -0.05) is 0 Å². The molecular weight excluding hydrogens is 283 g/mol. The molecule has 0 radical (unpaired) electrons. The van der Waals surface area contributed by atoms with Crippen LogP contribution in [-0.4, -0.2) is 29.1 Å². The van der Waals surface area contributed by atoms with Crippen molar-refractivity contribution in [1.29, 1.82) is 0 Å². The topological polar surface area (TPSA) is 57.4 Å². The summed E-state index contributed by atoms with van der Waals surface area (Å²) in [6, 6.07) is 1.89. The number of rotatable bonds is 3. The van der Waals surface area contributed by atoms with Gasteiger partial charge in [0.1, 0.15) is 0 Å². The third kappa shape index (κ3) is 3.12. The molecule has 1 aliphatic heterocycles. The summed E-state index contributed by atoms with van der Waals surface area (Å²) in [5, 5.41) is 0. The molecule has 0 spiro atoms. The predicted molar refractivity (Wildman–Crippen MR) is 91.3 cm³/mol. The normalized spacial score (nSPS) is 20.9. The van der Waals surface area contributed by atoms with E-state index in [1.807, 2.05) is 46.8 Å². The summed E-state index contributed by atoms with van der Waals surface area (Å²) in [7, 11) is -0.422. The van der Waals surface area contributed by atoms with Crippen LogP contribution in [0, 0.1) is 6.92 Å². The van der Waals surface area contributed by atoms with Gasteiger partial charge < -0.3 is 15.0 Å². The molecule has 2 N–H and O–H groups in total. The first-order valence-electron chi connectivity index (χ1n) is 7.06. The summed E-state index contributed by atoms with van der Waals surface area (Å²) in [5.74, 6) is 0.520. The number of pyridine rings is 1. The summed E-state index contributed by atoms with van der Waals surface area (Å²) >= 11 is 4.40. The minimum Gasteiger partial charge on any atom is -0.400 e.